The molecule has 0 radical (unpaired) electrons. The van der Waals surface area contributed by atoms with E-state index in [1.165, 1.54) is 64.7 Å². The Labute approximate surface area is 163 Å². The summed E-state index contributed by atoms with van der Waals surface area (Å²) in [5, 5.41) is 0. The summed E-state index contributed by atoms with van der Waals surface area (Å²) in [6, 6.07) is 1.70. The third-order valence-electron chi connectivity index (χ3n) is 8.96. The fourth-order valence-electron chi connectivity index (χ4n) is 6.75. The first kappa shape index (κ1) is 19.2. The zero-order chi connectivity index (χ0) is 18.3. The molecule has 0 aromatic rings. The van der Waals surface area contributed by atoms with Gasteiger partial charge in [0.2, 0.25) is 0 Å². The highest BCUT2D eigenvalue weighted by molar-refractivity contribution is 5.00. The van der Waals surface area contributed by atoms with Crippen LogP contribution in [0.1, 0.15) is 85.5 Å². The SMILES string of the molecule is CC(C)C1CC(N2CCC3(CC2)CC(CC2CCN(C(C)C)CC2)C3)C1. The first-order chi connectivity index (χ1) is 12.4. The van der Waals surface area contributed by atoms with Crippen LogP contribution in [0.2, 0.25) is 0 Å². The molecule has 2 heterocycles. The predicted octanol–water partition coefficient (Wildman–Crippen LogP) is 5.42. The molecule has 0 atom stereocenters. The van der Waals surface area contributed by atoms with Crippen LogP contribution in [0, 0.1) is 29.1 Å². The van der Waals surface area contributed by atoms with Gasteiger partial charge in [-0.2, -0.15) is 0 Å². The molecule has 2 nitrogen and oxygen atoms in total. The zero-order valence-corrected chi connectivity index (χ0v) is 18.1. The molecule has 2 aliphatic heterocycles. The van der Waals surface area contributed by atoms with Crippen molar-refractivity contribution in [2.75, 3.05) is 26.2 Å². The van der Waals surface area contributed by atoms with Crippen LogP contribution in [0.25, 0.3) is 0 Å². The Morgan fingerprint density at radius 3 is 2.00 bits per heavy atom. The largest absolute Gasteiger partial charge is 0.301 e. The first-order valence-electron chi connectivity index (χ1n) is 11.9. The molecule has 0 N–H and O–H groups in total. The molecule has 0 amide bonds. The van der Waals surface area contributed by atoms with Crippen molar-refractivity contribution in [3.8, 4) is 0 Å². The molecule has 2 saturated heterocycles. The zero-order valence-electron chi connectivity index (χ0n) is 18.1. The highest BCUT2D eigenvalue weighted by Crippen LogP contribution is 2.55. The summed E-state index contributed by atoms with van der Waals surface area (Å²) in [4.78, 5) is 5.54. The number of likely N-dealkylation sites (tertiary alicyclic amines) is 2. The number of hydrogen-bond donors (Lipinski definition) is 0. The van der Waals surface area contributed by atoms with Crippen LogP contribution < -0.4 is 0 Å². The lowest BCUT2D eigenvalue weighted by Gasteiger charge is -2.56. The van der Waals surface area contributed by atoms with Crippen molar-refractivity contribution >= 4 is 0 Å². The fraction of sp³-hybridized carbons (Fsp3) is 1.00. The van der Waals surface area contributed by atoms with Crippen molar-refractivity contribution in [2.24, 2.45) is 29.1 Å². The van der Waals surface area contributed by atoms with E-state index in [0.717, 1.165) is 41.2 Å². The van der Waals surface area contributed by atoms with Gasteiger partial charge in [-0.1, -0.05) is 13.8 Å². The van der Waals surface area contributed by atoms with Gasteiger partial charge in [0.25, 0.3) is 0 Å². The van der Waals surface area contributed by atoms with E-state index in [-0.39, 0.29) is 0 Å². The van der Waals surface area contributed by atoms with Crippen LogP contribution in [-0.4, -0.2) is 48.1 Å². The number of hydrogen-bond acceptors (Lipinski definition) is 2. The van der Waals surface area contributed by atoms with E-state index in [9.17, 15) is 0 Å². The van der Waals surface area contributed by atoms with E-state index in [0.29, 0.717) is 0 Å². The summed E-state index contributed by atoms with van der Waals surface area (Å²) in [5.41, 5.74) is 0.779. The molecule has 2 heteroatoms. The average molecular weight is 361 g/mol. The molecule has 0 aromatic heterocycles. The Morgan fingerprint density at radius 1 is 0.846 bits per heavy atom. The summed E-state index contributed by atoms with van der Waals surface area (Å²) in [7, 11) is 0. The molecule has 2 saturated carbocycles. The minimum atomic E-state index is 0.750. The van der Waals surface area contributed by atoms with Gasteiger partial charge in [0.1, 0.15) is 0 Å². The monoisotopic (exact) mass is 360 g/mol. The molecule has 2 aliphatic carbocycles. The molecule has 150 valence electrons. The minimum Gasteiger partial charge on any atom is -0.301 e. The van der Waals surface area contributed by atoms with E-state index in [1.54, 1.807) is 19.3 Å². The Bertz CT molecular complexity index is 441. The second-order valence-electron chi connectivity index (χ2n) is 11.2. The van der Waals surface area contributed by atoms with Crippen molar-refractivity contribution in [3.63, 3.8) is 0 Å². The van der Waals surface area contributed by atoms with E-state index >= 15 is 0 Å². The van der Waals surface area contributed by atoms with Gasteiger partial charge >= 0.3 is 0 Å². The van der Waals surface area contributed by atoms with Gasteiger partial charge in [-0.05, 0) is 127 Å². The maximum Gasteiger partial charge on any atom is 0.0101 e. The molecule has 1 spiro atoms. The van der Waals surface area contributed by atoms with Crippen LogP contribution in [0.4, 0.5) is 0 Å². The lowest BCUT2D eigenvalue weighted by Crippen LogP contribution is -2.53. The van der Waals surface area contributed by atoms with Crippen LogP contribution in [0.3, 0.4) is 0 Å². The van der Waals surface area contributed by atoms with Crippen molar-refractivity contribution in [2.45, 2.75) is 97.6 Å². The van der Waals surface area contributed by atoms with Crippen molar-refractivity contribution in [3.05, 3.63) is 0 Å². The summed E-state index contributed by atoms with van der Waals surface area (Å²) < 4.78 is 0. The molecule has 0 unspecified atom stereocenters. The summed E-state index contributed by atoms with van der Waals surface area (Å²) in [6.07, 6.45) is 13.6. The summed E-state index contributed by atoms with van der Waals surface area (Å²) in [6.45, 7) is 15.1. The smallest absolute Gasteiger partial charge is 0.0101 e. The highest BCUT2D eigenvalue weighted by atomic mass is 15.2. The van der Waals surface area contributed by atoms with Crippen molar-refractivity contribution < 1.29 is 0 Å². The maximum absolute atomic E-state index is 2.86. The molecular formula is C24H44N2. The minimum absolute atomic E-state index is 0.750. The van der Waals surface area contributed by atoms with E-state index in [1.807, 2.05) is 0 Å². The van der Waals surface area contributed by atoms with Gasteiger partial charge in [0, 0.05) is 12.1 Å². The third kappa shape index (κ3) is 4.02. The van der Waals surface area contributed by atoms with Gasteiger partial charge in [-0.15, -0.1) is 0 Å². The van der Waals surface area contributed by atoms with Crippen LogP contribution in [0.15, 0.2) is 0 Å². The van der Waals surface area contributed by atoms with Crippen molar-refractivity contribution in [1.82, 2.24) is 9.80 Å². The molecule has 0 bridgehead atoms. The lowest BCUT2D eigenvalue weighted by atomic mass is 9.55. The Hall–Kier alpha value is -0.0800. The normalized spacial score (nSPS) is 34.4. The van der Waals surface area contributed by atoms with E-state index < -0.39 is 0 Å². The average Bonchev–Trinajstić information content (AvgIpc) is 2.54. The van der Waals surface area contributed by atoms with Crippen LogP contribution in [0.5, 0.6) is 0 Å². The Balaban J connectivity index is 1.14. The Morgan fingerprint density at radius 2 is 1.46 bits per heavy atom. The summed E-state index contributed by atoms with van der Waals surface area (Å²) >= 11 is 0. The molecule has 26 heavy (non-hydrogen) atoms. The number of nitrogens with zero attached hydrogens (tertiary/aromatic N) is 2. The van der Waals surface area contributed by atoms with Gasteiger partial charge < -0.3 is 9.80 Å². The third-order valence-corrected chi connectivity index (χ3v) is 8.96. The molecule has 4 rings (SSSR count). The maximum atomic E-state index is 2.86. The van der Waals surface area contributed by atoms with Gasteiger partial charge in [-0.3, -0.25) is 0 Å². The van der Waals surface area contributed by atoms with E-state index in [2.05, 4.69) is 37.5 Å². The quantitative estimate of drug-likeness (QED) is 0.645. The number of piperidine rings is 2. The number of rotatable bonds is 5. The Kier molecular flexibility index (Phi) is 5.73. The molecule has 0 aromatic carbocycles. The molecule has 4 fully saturated rings. The van der Waals surface area contributed by atoms with Gasteiger partial charge in [0.05, 0.1) is 0 Å². The van der Waals surface area contributed by atoms with Gasteiger partial charge in [-0.25, -0.2) is 0 Å². The lowest BCUT2D eigenvalue weighted by molar-refractivity contribution is -0.0539. The second kappa shape index (κ2) is 7.74. The standard InChI is InChI=1S/C24H44N2/c1-18(2)22-14-23(15-22)26-11-7-24(8-12-26)16-21(17-24)13-20-5-9-25(10-6-20)19(3)4/h18-23H,5-17H2,1-4H3. The topological polar surface area (TPSA) is 6.48 Å². The van der Waals surface area contributed by atoms with Crippen LogP contribution >= 0.6 is 0 Å². The van der Waals surface area contributed by atoms with Crippen molar-refractivity contribution in [1.29, 1.82) is 0 Å². The predicted molar refractivity (Wildman–Crippen MR) is 111 cm³/mol. The fourth-order valence-corrected chi connectivity index (χ4v) is 6.75. The highest BCUT2D eigenvalue weighted by Gasteiger charge is 2.47. The van der Waals surface area contributed by atoms with Crippen LogP contribution in [-0.2, 0) is 0 Å². The second-order valence-corrected chi connectivity index (χ2v) is 11.2. The van der Waals surface area contributed by atoms with E-state index in [4.69, 9.17) is 0 Å². The molecule has 4 aliphatic rings. The summed E-state index contributed by atoms with van der Waals surface area (Å²) in [5.74, 6) is 4.04. The first-order valence-corrected chi connectivity index (χ1v) is 11.9. The molecular weight excluding hydrogens is 316 g/mol. The van der Waals surface area contributed by atoms with Gasteiger partial charge in [0.15, 0.2) is 0 Å².